The number of ether oxygens (including phenoxy) is 1. The van der Waals surface area contributed by atoms with Crippen LogP contribution in [0.15, 0.2) is 56.5 Å². The maximum absolute atomic E-state index is 12.7. The van der Waals surface area contributed by atoms with E-state index in [9.17, 15) is 9.59 Å². The fourth-order valence-electron chi connectivity index (χ4n) is 3.08. The molecule has 0 spiro atoms. The monoisotopic (exact) mass is 411 g/mol. The Kier molecular flexibility index (Phi) is 3.88. The van der Waals surface area contributed by atoms with E-state index in [4.69, 9.17) is 4.74 Å². The van der Waals surface area contributed by atoms with E-state index in [1.807, 2.05) is 42.5 Å². The van der Waals surface area contributed by atoms with Crippen LogP contribution in [0.25, 0.3) is 33.1 Å². The van der Waals surface area contributed by atoms with E-state index in [0.717, 1.165) is 26.7 Å². The molecular formula is C19H14BrN3O3. The maximum atomic E-state index is 12.7. The van der Waals surface area contributed by atoms with Crippen molar-refractivity contribution < 1.29 is 4.74 Å². The van der Waals surface area contributed by atoms with Crippen molar-refractivity contribution in [2.24, 2.45) is 7.05 Å². The van der Waals surface area contributed by atoms with E-state index in [2.05, 4.69) is 25.9 Å². The molecule has 2 aromatic carbocycles. The molecule has 0 aliphatic carbocycles. The van der Waals surface area contributed by atoms with Crippen molar-refractivity contribution in [1.29, 1.82) is 0 Å². The molecule has 0 amide bonds. The number of aromatic nitrogens is 3. The third-order valence-corrected chi connectivity index (χ3v) is 4.87. The molecule has 26 heavy (non-hydrogen) atoms. The van der Waals surface area contributed by atoms with Crippen molar-refractivity contribution in [2.75, 3.05) is 7.11 Å². The number of hydrogen-bond acceptors (Lipinski definition) is 4. The van der Waals surface area contributed by atoms with Gasteiger partial charge in [-0.05, 0) is 35.9 Å². The number of hydrogen-bond donors (Lipinski definition) is 1. The van der Waals surface area contributed by atoms with E-state index in [1.165, 1.54) is 4.57 Å². The highest BCUT2D eigenvalue weighted by Gasteiger charge is 2.17. The summed E-state index contributed by atoms with van der Waals surface area (Å²) >= 11 is 3.48. The molecule has 4 aromatic rings. The van der Waals surface area contributed by atoms with Gasteiger partial charge in [0.25, 0.3) is 5.56 Å². The third kappa shape index (κ3) is 2.52. The fourth-order valence-corrected chi connectivity index (χ4v) is 3.44. The first-order valence-electron chi connectivity index (χ1n) is 7.86. The summed E-state index contributed by atoms with van der Waals surface area (Å²) in [7, 11) is 3.19. The van der Waals surface area contributed by atoms with Crippen LogP contribution in [0.2, 0.25) is 0 Å². The Morgan fingerprint density at radius 2 is 1.85 bits per heavy atom. The zero-order valence-corrected chi connectivity index (χ0v) is 15.6. The average Bonchev–Trinajstić information content (AvgIpc) is 2.65. The molecule has 0 bridgehead atoms. The van der Waals surface area contributed by atoms with Gasteiger partial charge in [0, 0.05) is 22.5 Å². The number of methoxy groups -OCH3 is 1. The van der Waals surface area contributed by atoms with Gasteiger partial charge >= 0.3 is 5.69 Å². The van der Waals surface area contributed by atoms with Crippen molar-refractivity contribution in [2.45, 2.75) is 0 Å². The zero-order valence-electron chi connectivity index (χ0n) is 14.0. The van der Waals surface area contributed by atoms with Gasteiger partial charge in [-0.15, -0.1) is 0 Å². The Bertz CT molecular complexity index is 1270. The Balaban J connectivity index is 2.25. The molecule has 0 radical (unpaired) electrons. The molecule has 0 unspecified atom stereocenters. The third-order valence-electron chi connectivity index (χ3n) is 4.38. The van der Waals surface area contributed by atoms with E-state index in [1.54, 1.807) is 14.2 Å². The smallest absolute Gasteiger partial charge is 0.329 e. The molecule has 0 aliphatic rings. The van der Waals surface area contributed by atoms with Gasteiger partial charge in [-0.1, -0.05) is 28.1 Å². The Morgan fingerprint density at radius 3 is 2.54 bits per heavy atom. The highest BCUT2D eigenvalue weighted by molar-refractivity contribution is 9.10. The van der Waals surface area contributed by atoms with Crippen molar-refractivity contribution in [3.63, 3.8) is 0 Å². The van der Waals surface area contributed by atoms with Crippen molar-refractivity contribution in [3.8, 4) is 16.9 Å². The Labute approximate surface area is 156 Å². The largest absolute Gasteiger partial charge is 0.497 e. The molecule has 2 heterocycles. The van der Waals surface area contributed by atoms with Crippen molar-refractivity contribution >= 4 is 37.9 Å². The molecule has 6 nitrogen and oxygen atoms in total. The lowest BCUT2D eigenvalue weighted by atomic mass is 9.98. The summed E-state index contributed by atoms with van der Waals surface area (Å²) < 4.78 is 7.45. The molecule has 7 heteroatoms. The lowest BCUT2D eigenvalue weighted by Crippen LogP contribution is -2.29. The van der Waals surface area contributed by atoms with Crippen LogP contribution in [-0.2, 0) is 7.05 Å². The molecule has 4 rings (SSSR count). The topological polar surface area (TPSA) is 77.0 Å². The highest BCUT2D eigenvalue weighted by Crippen LogP contribution is 2.34. The van der Waals surface area contributed by atoms with Gasteiger partial charge < -0.3 is 4.74 Å². The van der Waals surface area contributed by atoms with Crippen LogP contribution in [-0.4, -0.2) is 21.6 Å². The first kappa shape index (κ1) is 16.5. The summed E-state index contributed by atoms with van der Waals surface area (Å²) in [5.41, 5.74) is 1.66. The maximum Gasteiger partial charge on any atom is 0.329 e. The van der Waals surface area contributed by atoms with Gasteiger partial charge in [-0.2, -0.15) is 0 Å². The second kappa shape index (κ2) is 6.10. The summed E-state index contributed by atoms with van der Waals surface area (Å²) in [6.07, 6.45) is 0. The number of aromatic amines is 1. The number of rotatable bonds is 2. The van der Waals surface area contributed by atoms with Crippen LogP contribution in [0.5, 0.6) is 5.75 Å². The quantitative estimate of drug-likeness (QED) is 0.513. The zero-order chi connectivity index (χ0) is 18.4. The van der Waals surface area contributed by atoms with Crippen LogP contribution in [0, 0.1) is 0 Å². The van der Waals surface area contributed by atoms with Crippen molar-refractivity contribution in [3.05, 3.63) is 67.8 Å². The lowest BCUT2D eigenvalue weighted by Gasteiger charge is -2.13. The molecule has 0 aliphatic heterocycles. The summed E-state index contributed by atoms with van der Waals surface area (Å²) in [4.78, 5) is 31.6. The number of benzene rings is 2. The van der Waals surface area contributed by atoms with E-state index >= 15 is 0 Å². The molecule has 0 saturated heterocycles. The summed E-state index contributed by atoms with van der Waals surface area (Å²) in [6.45, 7) is 0. The number of pyridine rings is 1. The predicted molar refractivity (Wildman–Crippen MR) is 105 cm³/mol. The summed E-state index contributed by atoms with van der Waals surface area (Å²) in [5, 5.41) is 1.20. The molecule has 0 fully saturated rings. The van der Waals surface area contributed by atoms with Gasteiger partial charge in [-0.25, -0.2) is 9.78 Å². The summed E-state index contributed by atoms with van der Waals surface area (Å²) in [6, 6.07) is 13.1. The van der Waals surface area contributed by atoms with Crippen LogP contribution >= 0.6 is 15.9 Å². The number of nitrogens with zero attached hydrogens (tertiary/aromatic N) is 2. The fraction of sp³-hybridized carbons (Fsp3) is 0.105. The predicted octanol–water partition coefficient (Wildman–Crippen LogP) is 3.21. The van der Waals surface area contributed by atoms with Gasteiger partial charge in [0.15, 0.2) is 5.65 Å². The first-order valence-corrected chi connectivity index (χ1v) is 8.65. The van der Waals surface area contributed by atoms with Gasteiger partial charge in [0.2, 0.25) is 0 Å². The minimum Gasteiger partial charge on any atom is -0.497 e. The number of fused-ring (bicyclic) bond motifs is 2. The standard InChI is InChI=1S/C19H14BrN3O3/c1-23-17-16(18(24)22-19(23)25)15(10-3-6-12(26-2)7-4-10)13-9-11(20)5-8-14(13)21-17/h3-9H,1-2H3,(H,22,24,25). The SMILES string of the molecule is COc1ccc(-c2c3cc(Br)ccc3nc3c2c(=O)[nH]c(=O)n3C)cc1. The van der Waals surface area contributed by atoms with E-state index in [-0.39, 0.29) is 0 Å². The Hall–Kier alpha value is -2.93. The van der Waals surface area contributed by atoms with Crippen LogP contribution in [0.4, 0.5) is 0 Å². The van der Waals surface area contributed by atoms with Crippen LogP contribution < -0.4 is 16.0 Å². The highest BCUT2D eigenvalue weighted by atomic mass is 79.9. The normalized spacial score (nSPS) is 11.2. The first-order chi connectivity index (χ1) is 12.5. The Morgan fingerprint density at radius 1 is 1.12 bits per heavy atom. The summed E-state index contributed by atoms with van der Waals surface area (Å²) in [5.74, 6) is 0.721. The molecule has 0 saturated carbocycles. The van der Waals surface area contributed by atoms with Crippen molar-refractivity contribution in [1.82, 2.24) is 14.5 Å². The second-order valence-electron chi connectivity index (χ2n) is 5.89. The molecule has 2 aromatic heterocycles. The van der Waals surface area contributed by atoms with Gasteiger partial charge in [0.05, 0.1) is 18.0 Å². The number of aryl methyl sites for hydroxylation is 1. The number of H-pyrrole nitrogens is 1. The molecular weight excluding hydrogens is 398 g/mol. The minimum absolute atomic E-state index is 0.347. The van der Waals surface area contributed by atoms with Crippen LogP contribution in [0.3, 0.4) is 0 Å². The van der Waals surface area contributed by atoms with Gasteiger partial charge in [-0.3, -0.25) is 14.3 Å². The van der Waals surface area contributed by atoms with Crippen LogP contribution in [0.1, 0.15) is 0 Å². The molecule has 130 valence electrons. The number of halogens is 1. The second-order valence-corrected chi connectivity index (χ2v) is 6.81. The lowest BCUT2D eigenvalue weighted by molar-refractivity contribution is 0.415. The van der Waals surface area contributed by atoms with Gasteiger partial charge in [0.1, 0.15) is 5.75 Å². The average molecular weight is 412 g/mol. The molecule has 1 N–H and O–H groups in total. The molecule has 0 atom stereocenters. The van der Waals surface area contributed by atoms with E-state index in [0.29, 0.717) is 16.6 Å². The van der Waals surface area contributed by atoms with E-state index < -0.39 is 11.2 Å². The number of nitrogens with one attached hydrogen (secondary N) is 1. The minimum atomic E-state index is -0.493.